The SMILES string of the molecule is C=C(CC(C)(C)O)C(=O)OCC(COC(=O)C(=C)CC(C)(C)O)c1ccc(-c2ccc(CCCCC)cc2)c(C)c1. The van der Waals surface area contributed by atoms with E-state index in [-0.39, 0.29) is 37.2 Å². The van der Waals surface area contributed by atoms with Gasteiger partial charge >= 0.3 is 11.9 Å². The molecule has 2 N–H and O–H groups in total. The Labute approximate surface area is 246 Å². The van der Waals surface area contributed by atoms with Crippen LogP contribution < -0.4 is 0 Å². The fourth-order valence-corrected chi connectivity index (χ4v) is 4.68. The molecule has 0 fully saturated rings. The van der Waals surface area contributed by atoms with Crippen LogP contribution in [0.4, 0.5) is 0 Å². The van der Waals surface area contributed by atoms with Gasteiger partial charge in [-0.15, -0.1) is 0 Å². The zero-order valence-corrected chi connectivity index (χ0v) is 25.7. The first kappa shape index (κ1) is 34.0. The van der Waals surface area contributed by atoms with Gasteiger partial charge in [-0.05, 0) is 75.3 Å². The molecular formula is C35H48O6. The summed E-state index contributed by atoms with van der Waals surface area (Å²) >= 11 is 0. The van der Waals surface area contributed by atoms with E-state index in [1.807, 2.05) is 25.1 Å². The standard InChI is InChI=1S/C35H48O6/c1-9-10-11-12-27-13-15-28(16-14-27)31-18-17-29(19-24(31)2)30(22-40-32(36)25(3)20-34(5,6)38)23-41-33(37)26(4)21-35(7,8)39/h13-19,30,38-39H,3-4,9-12,20-23H2,1-2,5-8H3. The molecule has 0 saturated carbocycles. The van der Waals surface area contributed by atoms with E-state index in [9.17, 15) is 19.8 Å². The molecule has 0 aliphatic heterocycles. The van der Waals surface area contributed by atoms with Crippen molar-refractivity contribution in [1.82, 2.24) is 0 Å². The second kappa shape index (κ2) is 15.1. The molecule has 2 rings (SSSR count). The highest BCUT2D eigenvalue weighted by Gasteiger charge is 2.24. The molecule has 0 aliphatic rings. The summed E-state index contributed by atoms with van der Waals surface area (Å²) in [5.74, 6) is -1.66. The Kier molecular flexibility index (Phi) is 12.5. The Morgan fingerprint density at radius 3 is 1.78 bits per heavy atom. The molecule has 0 spiro atoms. The van der Waals surface area contributed by atoms with Gasteiger partial charge in [0.2, 0.25) is 0 Å². The van der Waals surface area contributed by atoms with Gasteiger partial charge in [0.05, 0.1) is 17.1 Å². The first-order valence-corrected chi connectivity index (χ1v) is 14.4. The van der Waals surface area contributed by atoms with Gasteiger partial charge in [0.15, 0.2) is 0 Å². The molecule has 0 saturated heterocycles. The molecule has 0 atom stereocenters. The summed E-state index contributed by atoms with van der Waals surface area (Å²) in [6.45, 7) is 18.0. The third-order valence-corrected chi connectivity index (χ3v) is 6.76. The summed E-state index contributed by atoms with van der Waals surface area (Å²) in [7, 11) is 0. The van der Waals surface area contributed by atoms with Crippen molar-refractivity contribution in [2.24, 2.45) is 0 Å². The lowest BCUT2D eigenvalue weighted by Gasteiger charge is -2.22. The van der Waals surface area contributed by atoms with Gasteiger partial charge < -0.3 is 19.7 Å². The predicted molar refractivity (Wildman–Crippen MR) is 165 cm³/mol. The Balaban J connectivity index is 2.22. The number of hydrogen-bond donors (Lipinski definition) is 2. The molecule has 2 aromatic carbocycles. The first-order chi connectivity index (χ1) is 19.1. The molecule has 6 nitrogen and oxygen atoms in total. The highest BCUT2D eigenvalue weighted by atomic mass is 16.5. The van der Waals surface area contributed by atoms with E-state index in [1.165, 1.54) is 24.8 Å². The van der Waals surface area contributed by atoms with Gasteiger partial charge in [-0.1, -0.05) is 75.4 Å². The Morgan fingerprint density at radius 2 is 1.34 bits per heavy atom. The third-order valence-electron chi connectivity index (χ3n) is 6.76. The average molecular weight is 565 g/mol. The van der Waals surface area contributed by atoms with Gasteiger partial charge in [0, 0.05) is 24.0 Å². The van der Waals surface area contributed by atoms with Crippen LogP contribution in [0, 0.1) is 6.92 Å². The number of unbranched alkanes of at least 4 members (excludes halogenated alkanes) is 2. The Morgan fingerprint density at radius 1 is 0.829 bits per heavy atom. The molecule has 0 heterocycles. The Hall–Kier alpha value is -3.22. The van der Waals surface area contributed by atoms with E-state index in [0.29, 0.717) is 0 Å². The topological polar surface area (TPSA) is 93.1 Å². The highest BCUT2D eigenvalue weighted by molar-refractivity contribution is 5.88. The second-order valence-electron chi connectivity index (χ2n) is 12.3. The zero-order chi connectivity index (χ0) is 30.8. The van der Waals surface area contributed by atoms with Crippen LogP contribution in [0.3, 0.4) is 0 Å². The number of carbonyl (C=O) groups excluding carboxylic acids is 2. The molecular weight excluding hydrogens is 516 g/mol. The van der Waals surface area contributed by atoms with Crippen molar-refractivity contribution < 1.29 is 29.3 Å². The average Bonchev–Trinajstić information content (AvgIpc) is 2.87. The first-order valence-electron chi connectivity index (χ1n) is 14.4. The van der Waals surface area contributed by atoms with Crippen LogP contribution in [0.2, 0.25) is 0 Å². The maximum atomic E-state index is 12.6. The molecule has 6 heteroatoms. The van der Waals surface area contributed by atoms with E-state index in [4.69, 9.17) is 9.47 Å². The molecule has 0 aromatic heterocycles. The van der Waals surface area contributed by atoms with Gasteiger partial charge in [-0.25, -0.2) is 9.59 Å². The predicted octanol–water partition coefficient (Wildman–Crippen LogP) is 7.00. The van der Waals surface area contributed by atoms with E-state index in [0.717, 1.165) is 28.7 Å². The largest absolute Gasteiger partial charge is 0.462 e. The molecule has 224 valence electrons. The summed E-state index contributed by atoms with van der Waals surface area (Å²) in [5.41, 5.74) is 3.59. The molecule has 0 bridgehead atoms. The number of benzene rings is 2. The van der Waals surface area contributed by atoms with Crippen LogP contribution in [0.5, 0.6) is 0 Å². The summed E-state index contributed by atoms with van der Waals surface area (Å²) in [6, 6.07) is 14.7. The summed E-state index contributed by atoms with van der Waals surface area (Å²) in [4.78, 5) is 25.2. The van der Waals surface area contributed by atoms with Crippen LogP contribution in [-0.2, 0) is 25.5 Å². The van der Waals surface area contributed by atoms with Gasteiger partial charge in [0.25, 0.3) is 0 Å². The van der Waals surface area contributed by atoms with Gasteiger partial charge in [-0.2, -0.15) is 0 Å². The maximum Gasteiger partial charge on any atom is 0.333 e. The molecule has 0 radical (unpaired) electrons. The van der Waals surface area contributed by atoms with Crippen molar-refractivity contribution in [2.45, 2.75) is 97.2 Å². The molecule has 2 aromatic rings. The van der Waals surface area contributed by atoms with Gasteiger partial charge in [0.1, 0.15) is 13.2 Å². The molecule has 0 unspecified atom stereocenters. The minimum Gasteiger partial charge on any atom is -0.462 e. The van der Waals surface area contributed by atoms with Crippen LogP contribution in [0.25, 0.3) is 11.1 Å². The lowest BCUT2D eigenvalue weighted by atomic mass is 9.92. The lowest BCUT2D eigenvalue weighted by molar-refractivity contribution is -0.143. The fourth-order valence-electron chi connectivity index (χ4n) is 4.68. The molecule has 0 amide bonds. The van der Waals surface area contributed by atoms with E-state index < -0.39 is 29.1 Å². The van der Waals surface area contributed by atoms with Crippen molar-refractivity contribution in [1.29, 1.82) is 0 Å². The van der Waals surface area contributed by atoms with Crippen LogP contribution in [0.15, 0.2) is 66.8 Å². The number of aryl methyl sites for hydroxylation is 2. The number of esters is 2. The van der Waals surface area contributed by atoms with Crippen molar-refractivity contribution in [3.63, 3.8) is 0 Å². The normalized spacial score (nSPS) is 11.8. The van der Waals surface area contributed by atoms with Gasteiger partial charge in [-0.3, -0.25) is 0 Å². The van der Waals surface area contributed by atoms with Crippen LogP contribution in [0.1, 0.15) is 89.3 Å². The Bertz CT molecular complexity index is 1150. The van der Waals surface area contributed by atoms with E-state index in [2.05, 4.69) is 44.3 Å². The third kappa shape index (κ3) is 12.0. The van der Waals surface area contributed by atoms with Crippen molar-refractivity contribution in [3.05, 3.63) is 83.5 Å². The number of aliphatic hydroxyl groups is 2. The van der Waals surface area contributed by atoms with E-state index >= 15 is 0 Å². The fraction of sp³-hybridized carbons (Fsp3) is 0.486. The minimum atomic E-state index is -1.09. The zero-order valence-electron chi connectivity index (χ0n) is 25.7. The molecule has 41 heavy (non-hydrogen) atoms. The number of carbonyl (C=O) groups is 2. The van der Waals surface area contributed by atoms with Crippen LogP contribution in [-0.4, -0.2) is 46.6 Å². The molecule has 0 aliphatic carbocycles. The van der Waals surface area contributed by atoms with E-state index in [1.54, 1.807) is 27.7 Å². The smallest absolute Gasteiger partial charge is 0.333 e. The number of rotatable bonds is 16. The monoisotopic (exact) mass is 564 g/mol. The van der Waals surface area contributed by atoms with Crippen molar-refractivity contribution in [2.75, 3.05) is 13.2 Å². The maximum absolute atomic E-state index is 12.6. The van der Waals surface area contributed by atoms with Crippen molar-refractivity contribution >= 4 is 11.9 Å². The summed E-state index contributed by atoms with van der Waals surface area (Å²) < 4.78 is 11.1. The minimum absolute atomic E-state index is 0.0415. The number of ether oxygens (including phenoxy) is 2. The summed E-state index contributed by atoms with van der Waals surface area (Å²) in [6.07, 6.45) is 4.86. The van der Waals surface area contributed by atoms with Crippen molar-refractivity contribution in [3.8, 4) is 11.1 Å². The quantitative estimate of drug-likeness (QED) is 0.130. The lowest BCUT2D eigenvalue weighted by Crippen LogP contribution is -2.25. The summed E-state index contributed by atoms with van der Waals surface area (Å²) in [5, 5.41) is 20.1. The van der Waals surface area contributed by atoms with Crippen LogP contribution >= 0.6 is 0 Å². The highest BCUT2D eigenvalue weighted by Crippen LogP contribution is 2.29. The second-order valence-corrected chi connectivity index (χ2v) is 12.3. The number of hydrogen-bond acceptors (Lipinski definition) is 6.